The Morgan fingerprint density at radius 2 is 1.50 bits per heavy atom. The van der Waals surface area contributed by atoms with E-state index in [9.17, 15) is 14.4 Å². The summed E-state index contributed by atoms with van der Waals surface area (Å²) in [6.07, 6.45) is 5.01. The third-order valence-electron chi connectivity index (χ3n) is 1.93. The minimum atomic E-state index is -0.808. The molecule has 1 unspecified atom stereocenters. The first-order valence-corrected chi connectivity index (χ1v) is 4.67. The first-order valence-electron chi connectivity index (χ1n) is 4.67. The average Bonchev–Trinajstić information content (AvgIpc) is 2.22. The second-order valence-electron chi connectivity index (χ2n) is 3.38. The Kier molecular flexibility index (Phi) is 5.70. The fourth-order valence-electron chi connectivity index (χ4n) is 0.650. The number of carbonyl (C=O) groups excluding carboxylic acids is 2. The fraction of sp³-hybridized carbons (Fsp3) is 0.250. The normalized spacial score (nSPS) is 15.1. The highest BCUT2D eigenvalue weighted by Gasteiger charge is 2.09. The predicted octanol–water partition coefficient (Wildman–Crippen LogP) is 1.53. The van der Waals surface area contributed by atoms with E-state index in [0.717, 1.165) is 0 Å². The Morgan fingerprint density at radius 3 is 1.62 bits per heavy atom. The van der Waals surface area contributed by atoms with Crippen LogP contribution in [0.25, 0.3) is 0 Å². The highest BCUT2D eigenvalue weighted by molar-refractivity contribution is 6.14. The van der Waals surface area contributed by atoms with Crippen molar-refractivity contribution in [2.75, 3.05) is 0 Å². The van der Waals surface area contributed by atoms with Crippen LogP contribution in [0.2, 0.25) is 0 Å². The van der Waals surface area contributed by atoms with Gasteiger partial charge in [-0.25, -0.2) is 0 Å². The molecule has 0 saturated carbocycles. The van der Waals surface area contributed by atoms with Gasteiger partial charge in [-0.15, -0.1) is 0 Å². The number of ketones is 2. The Labute approximate surface area is 94.0 Å². The highest BCUT2D eigenvalue weighted by Crippen LogP contribution is 2.05. The van der Waals surface area contributed by atoms with Gasteiger partial charge in [0.25, 0.3) is 0 Å². The lowest BCUT2D eigenvalue weighted by Crippen LogP contribution is -2.09. The number of aliphatic carboxylic acids is 1. The standard InChI is InChI=1S/C6H4O2.C6H10O2/c7-5-1-2-6(8)4-3-5;1-4(2)5(3)6(7)8/h1-4H;5H,1H2,2-3H3,(H,7,8). The molecular formula is C12H14O4. The summed E-state index contributed by atoms with van der Waals surface area (Å²) in [6.45, 7) is 6.82. The SMILES string of the molecule is C=C(C)C(C)C(=O)O.O=C1C=CC(=O)C=C1. The lowest BCUT2D eigenvalue weighted by molar-refractivity contribution is -0.139. The van der Waals surface area contributed by atoms with Crippen molar-refractivity contribution < 1.29 is 19.5 Å². The molecule has 0 aromatic rings. The molecule has 4 nitrogen and oxygen atoms in total. The molecule has 0 spiro atoms. The zero-order valence-electron chi connectivity index (χ0n) is 9.27. The Bertz CT molecular complexity index is 322. The largest absolute Gasteiger partial charge is 0.481 e. The number of hydrogen-bond acceptors (Lipinski definition) is 3. The molecule has 1 N–H and O–H groups in total. The van der Waals surface area contributed by atoms with Gasteiger partial charge in [0.05, 0.1) is 5.92 Å². The molecule has 1 atom stereocenters. The maximum absolute atomic E-state index is 10.3. The van der Waals surface area contributed by atoms with Crippen molar-refractivity contribution in [3.63, 3.8) is 0 Å². The number of rotatable bonds is 2. The van der Waals surface area contributed by atoms with E-state index in [4.69, 9.17) is 5.11 Å². The van der Waals surface area contributed by atoms with Crippen LogP contribution in [-0.2, 0) is 14.4 Å². The molecule has 86 valence electrons. The number of carboxylic acids is 1. The van der Waals surface area contributed by atoms with Gasteiger partial charge in [0.15, 0.2) is 11.6 Å². The Morgan fingerprint density at radius 1 is 1.19 bits per heavy atom. The molecule has 1 aliphatic carbocycles. The minimum Gasteiger partial charge on any atom is -0.481 e. The third kappa shape index (κ3) is 5.70. The van der Waals surface area contributed by atoms with Crippen LogP contribution in [-0.4, -0.2) is 22.6 Å². The predicted molar refractivity (Wildman–Crippen MR) is 59.9 cm³/mol. The molecule has 0 aromatic heterocycles. The molecule has 1 rings (SSSR count). The molecule has 0 fully saturated rings. The zero-order chi connectivity index (χ0) is 12.7. The molecule has 0 bridgehead atoms. The van der Waals surface area contributed by atoms with Crippen LogP contribution < -0.4 is 0 Å². The van der Waals surface area contributed by atoms with Gasteiger partial charge in [0.2, 0.25) is 0 Å². The van der Waals surface area contributed by atoms with E-state index in [2.05, 4.69) is 6.58 Å². The second kappa shape index (κ2) is 6.50. The minimum absolute atomic E-state index is 0.121. The summed E-state index contributed by atoms with van der Waals surface area (Å²) < 4.78 is 0. The monoisotopic (exact) mass is 222 g/mol. The molecule has 0 amide bonds. The van der Waals surface area contributed by atoms with Gasteiger partial charge < -0.3 is 5.11 Å². The van der Waals surface area contributed by atoms with Crippen molar-refractivity contribution in [1.29, 1.82) is 0 Å². The zero-order valence-corrected chi connectivity index (χ0v) is 9.27. The van der Waals surface area contributed by atoms with Gasteiger partial charge in [-0.2, -0.15) is 0 Å². The van der Waals surface area contributed by atoms with E-state index in [0.29, 0.717) is 5.57 Å². The summed E-state index contributed by atoms with van der Waals surface area (Å²) in [7, 11) is 0. The Hall–Kier alpha value is -1.97. The summed E-state index contributed by atoms with van der Waals surface area (Å²) in [4.78, 5) is 30.6. The van der Waals surface area contributed by atoms with Gasteiger partial charge in [0.1, 0.15) is 0 Å². The van der Waals surface area contributed by atoms with Crippen molar-refractivity contribution in [1.82, 2.24) is 0 Å². The summed E-state index contributed by atoms with van der Waals surface area (Å²) in [5, 5.41) is 8.29. The quantitative estimate of drug-likeness (QED) is 0.568. The third-order valence-corrected chi connectivity index (χ3v) is 1.93. The summed E-state index contributed by atoms with van der Waals surface area (Å²) in [6, 6.07) is 0. The first kappa shape index (κ1) is 14.0. The van der Waals surface area contributed by atoms with Crippen LogP contribution in [0.3, 0.4) is 0 Å². The van der Waals surface area contributed by atoms with Gasteiger partial charge in [0, 0.05) is 0 Å². The molecule has 0 saturated heterocycles. The Balaban J connectivity index is 0.000000281. The van der Waals surface area contributed by atoms with Crippen molar-refractivity contribution in [2.24, 2.45) is 5.92 Å². The molecule has 16 heavy (non-hydrogen) atoms. The van der Waals surface area contributed by atoms with Gasteiger partial charge in [-0.3, -0.25) is 14.4 Å². The van der Waals surface area contributed by atoms with Crippen LogP contribution in [0, 0.1) is 5.92 Å². The van der Waals surface area contributed by atoms with Crippen LogP contribution in [0.15, 0.2) is 36.5 Å². The molecular weight excluding hydrogens is 208 g/mol. The molecule has 0 heterocycles. The summed E-state index contributed by atoms with van der Waals surface area (Å²) in [5.41, 5.74) is 0.692. The maximum Gasteiger partial charge on any atom is 0.310 e. The highest BCUT2D eigenvalue weighted by atomic mass is 16.4. The van der Waals surface area contributed by atoms with Crippen molar-refractivity contribution in [3.8, 4) is 0 Å². The fourth-order valence-corrected chi connectivity index (χ4v) is 0.650. The van der Waals surface area contributed by atoms with Crippen molar-refractivity contribution in [3.05, 3.63) is 36.5 Å². The molecule has 4 heteroatoms. The molecule has 0 aromatic carbocycles. The van der Waals surface area contributed by atoms with Crippen molar-refractivity contribution in [2.45, 2.75) is 13.8 Å². The van der Waals surface area contributed by atoms with Crippen LogP contribution in [0.1, 0.15) is 13.8 Å². The maximum atomic E-state index is 10.3. The average molecular weight is 222 g/mol. The van der Waals surface area contributed by atoms with E-state index in [1.807, 2.05) is 0 Å². The number of carbonyl (C=O) groups is 3. The summed E-state index contributed by atoms with van der Waals surface area (Å²) >= 11 is 0. The van der Waals surface area contributed by atoms with Crippen molar-refractivity contribution >= 4 is 17.5 Å². The van der Waals surface area contributed by atoms with Gasteiger partial charge >= 0.3 is 5.97 Å². The van der Waals surface area contributed by atoms with E-state index in [1.54, 1.807) is 13.8 Å². The molecule has 0 radical (unpaired) electrons. The lowest BCUT2D eigenvalue weighted by atomic mass is 10.1. The van der Waals surface area contributed by atoms with Crippen LogP contribution in [0.4, 0.5) is 0 Å². The second-order valence-corrected chi connectivity index (χ2v) is 3.38. The van der Waals surface area contributed by atoms with E-state index >= 15 is 0 Å². The van der Waals surface area contributed by atoms with E-state index < -0.39 is 11.9 Å². The van der Waals surface area contributed by atoms with E-state index in [-0.39, 0.29) is 11.6 Å². The van der Waals surface area contributed by atoms with Gasteiger partial charge in [-0.05, 0) is 38.2 Å². The molecule has 1 aliphatic rings. The van der Waals surface area contributed by atoms with Gasteiger partial charge in [-0.1, -0.05) is 12.2 Å². The number of allylic oxidation sites excluding steroid dienone is 4. The lowest BCUT2D eigenvalue weighted by Gasteiger charge is -2.01. The van der Waals surface area contributed by atoms with Crippen LogP contribution in [0.5, 0.6) is 0 Å². The van der Waals surface area contributed by atoms with Crippen LogP contribution >= 0.6 is 0 Å². The number of hydrogen-bond donors (Lipinski definition) is 1. The van der Waals surface area contributed by atoms with E-state index in [1.165, 1.54) is 24.3 Å². The summed E-state index contributed by atoms with van der Waals surface area (Å²) in [5.74, 6) is -1.46. The number of carboxylic acid groups (broad SMARTS) is 1. The first-order chi connectivity index (χ1) is 7.34. The smallest absolute Gasteiger partial charge is 0.310 e. The molecule has 0 aliphatic heterocycles. The topological polar surface area (TPSA) is 71.4 Å².